The summed E-state index contributed by atoms with van der Waals surface area (Å²) in [6.45, 7) is 8.26. The van der Waals surface area contributed by atoms with E-state index < -0.39 is 0 Å². The predicted octanol–water partition coefficient (Wildman–Crippen LogP) is 4.08. The van der Waals surface area contributed by atoms with Gasteiger partial charge in [-0.15, -0.1) is 24.0 Å². The van der Waals surface area contributed by atoms with Crippen LogP contribution in [0.1, 0.15) is 56.3 Å². The third-order valence-electron chi connectivity index (χ3n) is 5.01. The van der Waals surface area contributed by atoms with Crippen molar-refractivity contribution in [3.8, 4) is 0 Å². The van der Waals surface area contributed by atoms with Crippen LogP contribution in [0.25, 0.3) is 0 Å². The summed E-state index contributed by atoms with van der Waals surface area (Å²) in [5.74, 6) is 0.849. The average molecular weight is 517 g/mol. The number of morpholine rings is 1. The molecule has 0 aliphatic carbocycles. The van der Waals surface area contributed by atoms with Gasteiger partial charge < -0.3 is 19.7 Å². The van der Waals surface area contributed by atoms with Gasteiger partial charge in [-0.25, -0.2) is 0 Å². The van der Waals surface area contributed by atoms with Crippen LogP contribution < -0.4 is 5.32 Å². The Labute approximate surface area is 192 Å². The minimum absolute atomic E-state index is 0. The number of nitrogens with one attached hydrogen (secondary N) is 1. The van der Waals surface area contributed by atoms with Crippen molar-refractivity contribution in [2.75, 3.05) is 39.9 Å². The van der Waals surface area contributed by atoms with Gasteiger partial charge in [0, 0.05) is 26.1 Å². The first-order valence-electron chi connectivity index (χ1n) is 10.4. The third kappa shape index (κ3) is 8.90. The highest BCUT2D eigenvalue weighted by atomic mass is 127. The lowest BCUT2D eigenvalue weighted by molar-refractivity contribution is -0.140. The maximum absolute atomic E-state index is 11.1. The van der Waals surface area contributed by atoms with Crippen molar-refractivity contribution in [1.82, 2.24) is 10.2 Å². The largest absolute Gasteiger partial charge is 0.469 e. The van der Waals surface area contributed by atoms with Crippen LogP contribution in [-0.2, 0) is 14.3 Å². The van der Waals surface area contributed by atoms with E-state index in [0.29, 0.717) is 13.0 Å². The summed E-state index contributed by atoms with van der Waals surface area (Å²) in [5, 5.41) is 3.42. The van der Waals surface area contributed by atoms with Gasteiger partial charge in [-0.1, -0.05) is 37.1 Å². The SMILES string of the molecule is CCNC(=NCCCCCCC(=O)OC)N1CCOC(c2ccccc2C)C1.I. The Bertz CT molecular complexity index is 639. The molecule has 6 nitrogen and oxygen atoms in total. The number of carbonyl (C=O) groups is 1. The second-order valence-electron chi connectivity index (χ2n) is 7.14. The topological polar surface area (TPSA) is 63.2 Å². The zero-order valence-corrected chi connectivity index (χ0v) is 20.3. The Hall–Kier alpha value is -1.35. The Morgan fingerprint density at radius 3 is 2.76 bits per heavy atom. The van der Waals surface area contributed by atoms with Gasteiger partial charge in [-0.05, 0) is 37.8 Å². The van der Waals surface area contributed by atoms with Crippen LogP contribution in [0, 0.1) is 6.92 Å². The molecule has 1 aromatic carbocycles. The van der Waals surface area contributed by atoms with Crippen molar-refractivity contribution in [3.05, 3.63) is 35.4 Å². The van der Waals surface area contributed by atoms with E-state index in [1.54, 1.807) is 0 Å². The lowest BCUT2D eigenvalue weighted by Crippen LogP contribution is -2.48. The molecule has 164 valence electrons. The molecule has 0 radical (unpaired) electrons. The zero-order valence-electron chi connectivity index (χ0n) is 18.0. The molecule has 0 bridgehead atoms. The van der Waals surface area contributed by atoms with E-state index in [1.165, 1.54) is 18.2 Å². The van der Waals surface area contributed by atoms with Gasteiger partial charge in [-0.2, -0.15) is 0 Å². The summed E-state index contributed by atoms with van der Waals surface area (Å²) in [6.07, 6.45) is 4.62. The molecule has 1 atom stereocenters. The average Bonchev–Trinajstić information content (AvgIpc) is 2.72. The zero-order chi connectivity index (χ0) is 20.2. The molecule has 1 fully saturated rings. The molecule has 29 heavy (non-hydrogen) atoms. The molecule has 1 unspecified atom stereocenters. The number of aliphatic imine (C=N–C) groups is 1. The summed E-state index contributed by atoms with van der Waals surface area (Å²) in [6, 6.07) is 8.43. The molecule has 1 saturated heterocycles. The van der Waals surface area contributed by atoms with Crippen molar-refractivity contribution < 1.29 is 14.3 Å². The Kier molecular flexibility index (Phi) is 12.9. The first-order valence-corrected chi connectivity index (χ1v) is 10.4. The van der Waals surface area contributed by atoms with Crippen LogP contribution in [-0.4, -0.2) is 56.7 Å². The minimum Gasteiger partial charge on any atom is -0.469 e. The molecule has 2 rings (SSSR count). The number of guanidine groups is 1. The van der Waals surface area contributed by atoms with Crippen LogP contribution in [0.5, 0.6) is 0 Å². The van der Waals surface area contributed by atoms with Crippen molar-refractivity contribution in [2.45, 2.75) is 52.1 Å². The molecular formula is C22H36IN3O3. The predicted molar refractivity (Wildman–Crippen MR) is 128 cm³/mol. The van der Waals surface area contributed by atoms with Crippen molar-refractivity contribution in [1.29, 1.82) is 0 Å². The number of ether oxygens (including phenoxy) is 2. The van der Waals surface area contributed by atoms with Crippen LogP contribution in [0.15, 0.2) is 29.3 Å². The molecule has 1 heterocycles. The molecule has 0 aromatic heterocycles. The fraction of sp³-hybridized carbons (Fsp3) is 0.636. The molecule has 1 aliphatic rings. The number of nitrogens with zero attached hydrogens (tertiary/aromatic N) is 2. The number of hydrogen-bond acceptors (Lipinski definition) is 4. The highest BCUT2D eigenvalue weighted by Crippen LogP contribution is 2.25. The number of methoxy groups -OCH3 is 1. The maximum Gasteiger partial charge on any atom is 0.305 e. The monoisotopic (exact) mass is 517 g/mol. The van der Waals surface area contributed by atoms with Crippen molar-refractivity contribution in [3.63, 3.8) is 0 Å². The molecule has 1 aromatic rings. The lowest BCUT2D eigenvalue weighted by atomic mass is 10.0. The number of benzene rings is 1. The maximum atomic E-state index is 11.1. The second kappa shape index (κ2) is 14.6. The molecule has 1 N–H and O–H groups in total. The van der Waals surface area contributed by atoms with Gasteiger partial charge >= 0.3 is 5.97 Å². The molecular weight excluding hydrogens is 481 g/mol. The van der Waals surface area contributed by atoms with E-state index in [1.807, 2.05) is 0 Å². The van der Waals surface area contributed by atoms with Gasteiger partial charge in [0.25, 0.3) is 0 Å². The smallest absolute Gasteiger partial charge is 0.305 e. The van der Waals surface area contributed by atoms with Gasteiger partial charge in [0.15, 0.2) is 5.96 Å². The minimum atomic E-state index is -0.122. The number of unbranched alkanes of at least 4 members (excludes halogenated alkanes) is 3. The Morgan fingerprint density at radius 1 is 1.28 bits per heavy atom. The first-order chi connectivity index (χ1) is 13.7. The van der Waals surface area contributed by atoms with E-state index in [2.05, 4.69) is 53.1 Å². The number of carbonyl (C=O) groups excluding carboxylic acids is 1. The Morgan fingerprint density at radius 2 is 2.03 bits per heavy atom. The summed E-state index contributed by atoms with van der Waals surface area (Å²) >= 11 is 0. The van der Waals surface area contributed by atoms with Gasteiger partial charge in [0.2, 0.25) is 0 Å². The van der Waals surface area contributed by atoms with E-state index in [9.17, 15) is 4.79 Å². The molecule has 0 saturated carbocycles. The van der Waals surface area contributed by atoms with Crippen LogP contribution >= 0.6 is 24.0 Å². The number of esters is 1. The van der Waals surface area contributed by atoms with Gasteiger partial charge in [0.1, 0.15) is 6.10 Å². The summed E-state index contributed by atoms with van der Waals surface area (Å²) in [5.41, 5.74) is 2.52. The summed E-state index contributed by atoms with van der Waals surface area (Å²) in [4.78, 5) is 18.2. The summed E-state index contributed by atoms with van der Waals surface area (Å²) in [7, 11) is 1.44. The highest BCUT2D eigenvalue weighted by molar-refractivity contribution is 14.0. The van der Waals surface area contributed by atoms with Crippen molar-refractivity contribution in [2.24, 2.45) is 4.99 Å². The van der Waals surface area contributed by atoms with Gasteiger partial charge in [-0.3, -0.25) is 9.79 Å². The molecule has 7 heteroatoms. The van der Waals surface area contributed by atoms with Gasteiger partial charge in [0.05, 0.1) is 20.3 Å². The number of rotatable bonds is 9. The standard InChI is InChI=1S/C22H35N3O3.HI/c1-4-23-22(24-14-10-6-5-7-13-21(26)27-3)25-15-16-28-20(17-25)19-12-9-8-11-18(19)2;/h8-9,11-12,20H,4-7,10,13-17H2,1-3H3,(H,23,24);1H. The summed E-state index contributed by atoms with van der Waals surface area (Å²) < 4.78 is 10.7. The lowest BCUT2D eigenvalue weighted by Gasteiger charge is -2.35. The molecule has 0 amide bonds. The third-order valence-corrected chi connectivity index (χ3v) is 5.01. The number of halogens is 1. The van der Waals surface area contributed by atoms with E-state index >= 15 is 0 Å². The second-order valence-corrected chi connectivity index (χ2v) is 7.14. The fourth-order valence-electron chi connectivity index (χ4n) is 3.43. The normalized spacial score (nSPS) is 16.9. The van der Waals surface area contributed by atoms with E-state index in [4.69, 9.17) is 9.73 Å². The highest BCUT2D eigenvalue weighted by Gasteiger charge is 2.25. The van der Waals surface area contributed by atoms with E-state index in [0.717, 1.165) is 57.8 Å². The van der Waals surface area contributed by atoms with Crippen LogP contribution in [0.2, 0.25) is 0 Å². The fourth-order valence-corrected chi connectivity index (χ4v) is 3.43. The number of hydrogen-bond donors (Lipinski definition) is 1. The number of aryl methyl sites for hydroxylation is 1. The molecule has 1 aliphatic heterocycles. The quantitative estimate of drug-likeness (QED) is 0.176. The van der Waals surface area contributed by atoms with Crippen LogP contribution in [0.4, 0.5) is 0 Å². The Balaban J connectivity index is 0.00000420. The molecule has 0 spiro atoms. The first kappa shape index (κ1) is 25.7. The van der Waals surface area contributed by atoms with E-state index in [-0.39, 0.29) is 36.0 Å². The van der Waals surface area contributed by atoms with Crippen LogP contribution in [0.3, 0.4) is 0 Å². The van der Waals surface area contributed by atoms with Crippen molar-refractivity contribution >= 4 is 35.9 Å².